The predicted octanol–water partition coefficient (Wildman–Crippen LogP) is 2.05. The Bertz CT molecular complexity index is 601. The summed E-state index contributed by atoms with van der Waals surface area (Å²) in [6.45, 7) is 0.0877. The number of hydrogen-bond acceptors (Lipinski definition) is 3. The van der Waals surface area contributed by atoms with Crippen molar-refractivity contribution in [2.45, 2.75) is 6.54 Å². The van der Waals surface area contributed by atoms with Crippen molar-refractivity contribution < 1.29 is 4.79 Å². The second-order valence-electron chi connectivity index (χ2n) is 3.55. The molecule has 1 heterocycles. The number of nitrogens with one attached hydrogen (secondary N) is 1. The normalized spacial score (nSPS) is 9.78. The van der Waals surface area contributed by atoms with Crippen molar-refractivity contribution in [1.82, 2.24) is 9.78 Å². The molecule has 1 aromatic heterocycles. The van der Waals surface area contributed by atoms with Gasteiger partial charge in [0.25, 0.3) is 0 Å². The number of rotatable bonds is 3. The molecule has 0 aliphatic carbocycles. The summed E-state index contributed by atoms with van der Waals surface area (Å²) in [5.74, 6) is -0.266. The fraction of sp³-hybridized carbons (Fsp3) is 0.0833. The molecule has 0 aliphatic rings. The second-order valence-corrected chi connectivity index (χ2v) is 3.99. The van der Waals surface area contributed by atoms with Crippen LogP contribution >= 0.6 is 11.6 Å². The summed E-state index contributed by atoms with van der Waals surface area (Å²) in [5.41, 5.74) is 0.773. The third-order valence-electron chi connectivity index (χ3n) is 2.24. The van der Waals surface area contributed by atoms with Gasteiger partial charge in [0.1, 0.15) is 12.6 Å². The van der Waals surface area contributed by atoms with E-state index < -0.39 is 0 Å². The molecule has 2 rings (SSSR count). The van der Waals surface area contributed by atoms with Crippen LogP contribution in [0.4, 0.5) is 5.69 Å². The van der Waals surface area contributed by atoms with E-state index in [-0.39, 0.29) is 12.5 Å². The third kappa shape index (κ3) is 2.87. The molecule has 0 unspecified atom stereocenters. The zero-order valence-electron chi connectivity index (χ0n) is 9.30. The van der Waals surface area contributed by atoms with E-state index in [1.165, 1.54) is 4.68 Å². The summed E-state index contributed by atoms with van der Waals surface area (Å²) < 4.78 is 1.49. The van der Waals surface area contributed by atoms with E-state index in [4.69, 9.17) is 16.9 Å². The first-order chi connectivity index (χ1) is 8.69. The lowest BCUT2D eigenvalue weighted by molar-refractivity contribution is -0.116. The van der Waals surface area contributed by atoms with Crippen LogP contribution in [0.3, 0.4) is 0 Å². The first-order valence-electron chi connectivity index (χ1n) is 5.16. The Balaban J connectivity index is 2.12. The van der Waals surface area contributed by atoms with Crippen LogP contribution < -0.4 is 5.32 Å². The molecule has 0 aliphatic heterocycles. The Morgan fingerprint density at radius 2 is 2.39 bits per heavy atom. The van der Waals surface area contributed by atoms with Crippen molar-refractivity contribution in [1.29, 1.82) is 5.26 Å². The predicted molar refractivity (Wildman–Crippen MR) is 67.0 cm³/mol. The van der Waals surface area contributed by atoms with Gasteiger partial charge in [0.2, 0.25) is 5.91 Å². The van der Waals surface area contributed by atoms with Crippen LogP contribution in [-0.2, 0) is 11.3 Å². The van der Waals surface area contributed by atoms with E-state index in [2.05, 4.69) is 10.4 Å². The van der Waals surface area contributed by atoms with Gasteiger partial charge in [0.05, 0.1) is 11.3 Å². The lowest BCUT2D eigenvalue weighted by Gasteiger charge is -2.07. The maximum atomic E-state index is 11.7. The summed E-state index contributed by atoms with van der Waals surface area (Å²) >= 11 is 5.82. The topological polar surface area (TPSA) is 70.7 Å². The van der Waals surface area contributed by atoms with Crippen LogP contribution in [0.15, 0.2) is 36.7 Å². The summed E-state index contributed by atoms with van der Waals surface area (Å²) in [7, 11) is 0. The second kappa shape index (κ2) is 5.34. The van der Waals surface area contributed by atoms with Gasteiger partial charge in [-0.3, -0.25) is 9.48 Å². The molecule has 1 amide bonds. The van der Waals surface area contributed by atoms with Gasteiger partial charge < -0.3 is 5.32 Å². The van der Waals surface area contributed by atoms with Crippen molar-refractivity contribution in [2.75, 3.05) is 5.32 Å². The fourth-order valence-electron chi connectivity index (χ4n) is 1.45. The molecule has 1 N–H and O–H groups in total. The third-order valence-corrected chi connectivity index (χ3v) is 2.48. The van der Waals surface area contributed by atoms with Gasteiger partial charge in [-0.25, -0.2) is 0 Å². The SMILES string of the molecule is N#Cc1ccc(Cl)cc1NC(=O)Cn1cccn1. The van der Waals surface area contributed by atoms with Gasteiger partial charge in [-0.1, -0.05) is 11.6 Å². The van der Waals surface area contributed by atoms with Crippen LogP contribution in [0.2, 0.25) is 5.02 Å². The molecule has 5 nitrogen and oxygen atoms in total. The average Bonchev–Trinajstić information content (AvgIpc) is 2.82. The smallest absolute Gasteiger partial charge is 0.246 e. The summed E-state index contributed by atoms with van der Waals surface area (Å²) in [6.07, 6.45) is 3.27. The van der Waals surface area contributed by atoms with E-state index in [1.54, 1.807) is 36.7 Å². The van der Waals surface area contributed by atoms with Crippen LogP contribution in [0.25, 0.3) is 0 Å². The molecule has 18 heavy (non-hydrogen) atoms. The number of benzene rings is 1. The van der Waals surface area contributed by atoms with Crippen LogP contribution in [0.5, 0.6) is 0 Å². The van der Waals surface area contributed by atoms with Gasteiger partial charge in [0.15, 0.2) is 0 Å². The first-order valence-corrected chi connectivity index (χ1v) is 5.54. The quantitative estimate of drug-likeness (QED) is 0.918. The molecule has 0 saturated heterocycles. The minimum absolute atomic E-state index is 0.0877. The van der Waals surface area contributed by atoms with Crippen molar-refractivity contribution >= 4 is 23.2 Å². The van der Waals surface area contributed by atoms with Crippen molar-refractivity contribution in [3.8, 4) is 6.07 Å². The van der Waals surface area contributed by atoms with E-state index in [1.807, 2.05) is 6.07 Å². The molecule has 0 spiro atoms. The maximum Gasteiger partial charge on any atom is 0.246 e. The van der Waals surface area contributed by atoms with Crippen molar-refractivity contribution in [3.05, 3.63) is 47.2 Å². The highest BCUT2D eigenvalue weighted by atomic mass is 35.5. The van der Waals surface area contributed by atoms with E-state index in [0.717, 1.165) is 0 Å². The van der Waals surface area contributed by atoms with Gasteiger partial charge in [0, 0.05) is 17.4 Å². The lowest BCUT2D eigenvalue weighted by Crippen LogP contribution is -2.19. The van der Waals surface area contributed by atoms with Gasteiger partial charge >= 0.3 is 0 Å². The molecule has 0 fully saturated rings. The van der Waals surface area contributed by atoms with Gasteiger partial charge in [-0.05, 0) is 24.3 Å². The standard InChI is InChI=1S/C12H9ClN4O/c13-10-3-2-9(7-14)11(6-10)16-12(18)8-17-5-1-4-15-17/h1-6H,8H2,(H,16,18). The number of amides is 1. The minimum Gasteiger partial charge on any atom is -0.323 e. The maximum absolute atomic E-state index is 11.7. The molecule has 2 aromatic rings. The molecule has 90 valence electrons. The molecule has 0 atom stereocenters. The Hall–Kier alpha value is -2.32. The molecule has 0 saturated carbocycles. The number of carbonyl (C=O) groups is 1. The molecule has 0 bridgehead atoms. The monoisotopic (exact) mass is 260 g/mol. The summed E-state index contributed by atoms with van der Waals surface area (Å²) in [6, 6.07) is 8.43. The Kier molecular flexibility index (Phi) is 3.60. The number of carbonyl (C=O) groups excluding carboxylic acids is 1. The van der Waals surface area contributed by atoms with E-state index in [0.29, 0.717) is 16.3 Å². The number of halogens is 1. The Morgan fingerprint density at radius 3 is 3.06 bits per heavy atom. The number of nitriles is 1. The largest absolute Gasteiger partial charge is 0.323 e. The van der Waals surface area contributed by atoms with Crippen molar-refractivity contribution in [3.63, 3.8) is 0 Å². The molecule has 1 aromatic carbocycles. The number of anilines is 1. The zero-order chi connectivity index (χ0) is 13.0. The van der Waals surface area contributed by atoms with Crippen LogP contribution in [0, 0.1) is 11.3 Å². The molecular weight excluding hydrogens is 252 g/mol. The van der Waals surface area contributed by atoms with E-state index >= 15 is 0 Å². The highest BCUT2D eigenvalue weighted by Gasteiger charge is 2.08. The summed E-state index contributed by atoms with van der Waals surface area (Å²) in [4.78, 5) is 11.7. The molecule has 6 heteroatoms. The Morgan fingerprint density at radius 1 is 1.56 bits per heavy atom. The van der Waals surface area contributed by atoms with Gasteiger partial charge in [-0.15, -0.1) is 0 Å². The summed E-state index contributed by atoms with van der Waals surface area (Å²) in [5, 5.41) is 15.9. The number of hydrogen-bond donors (Lipinski definition) is 1. The average molecular weight is 261 g/mol. The lowest BCUT2D eigenvalue weighted by atomic mass is 10.2. The molecular formula is C12H9ClN4O. The fourth-order valence-corrected chi connectivity index (χ4v) is 1.62. The van der Waals surface area contributed by atoms with Gasteiger partial charge in [-0.2, -0.15) is 10.4 Å². The van der Waals surface area contributed by atoms with Crippen LogP contribution in [-0.4, -0.2) is 15.7 Å². The highest BCUT2D eigenvalue weighted by molar-refractivity contribution is 6.31. The van der Waals surface area contributed by atoms with Crippen LogP contribution in [0.1, 0.15) is 5.56 Å². The Labute approximate surface area is 109 Å². The number of nitrogens with zero attached hydrogens (tertiary/aromatic N) is 3. The highest BCUT2D eigenvalue weighted by Crippen LogP contribution is 2.20. The number of aromatic nitrogens is 2. The minimum atomic E-state index is -0.266. The van der Waals surface area contributed by atoms with Crippen molar-refractivity contribution in [2.24, 2.45) is 0 Å². The zero-order valence-corrected chi connectivity index (χ0v) is 10.1. The first kappa shape index (κ1) is 12.1. The van der Waals surface area contributed by atoms with E-state index in [9.17, 15) is 4.79 Å². The molecule has 0 radical (unpaired) electrons.